The zero-order chi connectivity index (χ0) is 22.6. The number of nitrogen functional groups attached to an aromatic ring is 1. The molecule has 4 heterocycles. The van der Waals surface area contributed by atoms with E-state index >= 15 is 0 Å². The van der Waals surface area contributed by atoms with Crippen molar-refractivity contribution < 1.29 is 9.90 Å². The molecule has 0 aliphatic carbocycles. The number of nitrogens with zero attached hydrogens (tertiary/aromatic N) is 3. The molecule has 0 spiro atoms. The molecule has 4 N–H and O–H groups in total. The Morgan fingerprint density at radius 3 is 2.75 bits per heavy atom. The predicted octanol–water partition coefficient (Wildman–Crippen LogP) is 2.73. The molecule has 4 aromatic heterocycles. The van der Waals surface area contributed by atoms with Crippen LogP contribution < -0.4 is 17.0 Å². The predicted molar refractivity (Wildman–Crippen MR) is 123 cm³/mol. The number of aromatic nitrogens is 4. The molecule has 0 aliphatic rings. The monoisotopic (exact) mass is 447 g/mol. The van der Waals surface area contributed by atoms with Gasteiger partial charge in [-0.15, -0.1) is 11.3 Å². The third-order valence-electron chi connectivity index (χ3n) is 5.34. The Morgan fingerprint density at radius 1 is 1.19 bits per heavy atom. The number of carboxylic acids is 1. The molecule has 0 saturated heterocycles. The first kappa shape index (κ1) is 19.8. The Morgan fingerprint density at radius 2 is 2.00 bits per heavy atom. The highest BCUT2D eigenvalue weighted by molar-refractivity contribution is 7.09. The van der Waals surface area contributed by atoms with E-state index in [2.05, 4.69) is 9.97 Å². The molecular weight excluding hydrogens is 430 g/mol. The number of nitrogens with one attached hydrogen (secondary N) is 1. The highest BCUT2D eigenvalue weighted by atomic mass is 32.1. The van der Waals surface area contributed by atoms with Gasteiger partial charge in [0.25, 0.3) is 5.56 Å². The molecule has 0 fully saturated rings. The zero-order valence-electron chi connectivity index (χ0n) is 16.8. The number of anilines is 1. The van der Waals surface area contributed by atoms with Crippen LogP contribution >= 0.6 is 11.3 Å². The molecule has 0 unspecified atom stereocenters. The first-order valence-electron chi connectivity index (χ1n) is 9.63. The summed E-state index contributed by atoms with van der Waals surface area (Å²) in [7, 11) is 0. The van der Waals surface area contributed by atoms with Crippen LogP contribution in [0.25, 0.3) is 27.5 Å². The average Bonchev–Trinajstić information content (AvgIpc) is 3.31. The molecule has 32 heavy (non-hydrogen) atoms. The maximum Gasteiger partial charge on any atom is 0.354 e. The fourth-order valence-electron chi connectivity index (χ4n) is 3.98. The van der Waals surface area contributed by atoms with Crippen molar-refractivity contribution in [2.24, 2.45) is 0 Å². The van der Waals surface area contributed by atoms with Gasteiger partial charge in [-0.3, -0.25) is 4.79 Å². The number of rotatable bonds is 4. The van der Waals surface area contributed by atoms with Crippen molar-refractivity contribution in [3.63, 3.8) is 0 Å². The molecule has 1 aromatic carbocycles. The Kier molecular flexibility index (Phi) is 4.45. The van der Waals surface area contributed by atoms with Crippen LogP contribution in [0.3, 0.4) is 0 Å². The van der Waals surface area contributed by atoms with Gasteiger partial charge in [0.1, 0.15) is 5.82 Å². The summed E-state index contributed by atoms with van der Waals surface area (Å²) in [5, 5.41) is 14.3. The van der Waals surface area contributed by atoms with E-state index in [1.807, 2.05) is 13.0 Å². The lowest BCUT2D eigenvalue weighted by atomic mass is 10.1. The molecule has 9 nitrogen and oxygen atoms in total. The van der Waals surface area contributed by atoms with E-state index in [1.54, 1.807) is 45.8 Å². The minimum absolute atomic E-state index is 0.0394. The number of fused-ring (bicyclic) bond motifs is 2. The number of aryl methyl sites for hydroxylation is 1. The standard InChI is InChI=1S/C22H17N5O4S/c1-11-2-3-16-13(6-11)18(27-20(28)14-9-32-10-15(14)25-22(27)31)19(21(29)30)26(16)8-12-4-5-24-17(23)7-12/h2-7,9-10H,8H2,1H3,(H2,23,24)(H,25,31)(H,29,30). The summed E-state index contributed by atoms with van der Waals surface area (Å²) >= 11 is 1.28. The van der Waals surface area contributed by atoms with Gasteiger partial charge in [-0.25, -0.2) is 19.1 Å². The van der Waals surface area contributed by atoms with Gasteiger partial charge < -0.3 is 20.4 Å². The number of H-pyrrole nitrogens is 1. The van der Waals surface area contributed by atoms with Gasteiger partial charge in [-0.2, -0.15) is 0 Å². The highest BCUT2D eigenvalue weighted by Crippen LogP contribution is 2.31. The second-order valence-electron chi connectivity index (χ2n) is 7.47. The van der Waals surface area contributed by atoms with Crippen LogP contribution in [-0.4, -0.2) is 30.2 Å². The van der Waals surface area contributed by atoms with Crippen LogP contribution in [0.4, 0.5) is 5.82 Å². The normalized spacial score (nSPS) is 11.4. The maximum absolute atomic E-state index is 13.2. The number of aromatic carboxylic acids is 1. The highest BCUT2D eigenvalue weighted by Gasteiger charge is 2.27. The molecule has 0 amide bonds. The molecule has 5 aromatic rings. The molecule has 0 bridgehead atoms. The zero-order valence-corrected chi connectivity index (χ0v) is 17.6. The van der Waals surface area contributed by atoms with Gasteiger partial charge in [0.2, 0.25) is 0 Å². The van der Waals surface area contributed by atoms with Gasteiger partial charge in [0, 0.05) is 28.9 Å². The molecule has 5 rings (SSSR count). The van der Waals surface area contributed by atoms with Crippen molar-refractivity contribution >= 4 is 44.9 Å². The molecule has 10 heteroatoms. The van der Waals surface area contributed by atoms with Crippen LogP contribution in [0.15, 0.2) is 56.9 Å². The summed E-state index contributed by atoms with van der Waals surface area (Å²) in [6, 6.07) is 8.80. The van der Waals surface area contributed by atoms with E-state index in [-0.39, 0.29) is 17.9 Å². The number of pyridine rings is 1. The fourth-order valence-corrected chi connectivity index (χ4v) is 4.73. The summed E-state index contributed by atoms with van der Waals surface area (Å²) in [6.45, 7) is 2.03. The minimum atomic E-state index is -1.26. The van der Waals surface area contributed by atoms with Crippen LogP contribution in [0.5, 0.6) is 0 Å². The second kappa shape index (κ2) is 7.20. The summed E-state index contributed by atoms with van der Waals surface area (Å²) in [4.78, 5) is 45.3. The number of aromatic amines is 1. The van der Waals surface area contributed by atoms with Crippen molar-refractivity contribution in [2.45, 2.75) is 13.5 Å². The summed E-state index contributed by atoms with van der Waals surface area (Å²) in [5.41, 5.74) is 7.00. The molecule has 0 atom stereocenters. The average molecular weight is 447 g/mol. The third-order valence-corrected chi connectivity index (χ3v) is 6.09. The Labute approximate surface area is 184 Å². The lowest BCUT2D eigenvalue weighted by Gasteiger charge is -2.10. The molecule has 160 valence electrons. The van der Waals surface area contributed by atoms with E-state index in [9.17, 15) is 19.5 Å². The maximum atomic E-state index is 13.2. The number of hydrogen-bond acceptors (Lipinski definition) is 6. The Balaban J connectivity index is 1.91. The quantitative estimate of drug-likeness (QED) is 0.388. The molecule has 0 aliphatic heterocycles. The SMILES string of the molecule is Cc1ccc2c(c1)c(-n1c(=O)[nH]c3cscc3c1=O)c(C(=O)O)n2Cc1ccnc(N)c1. The van der Waals surface area contributed by atoms with Crippen LogP contribution in [-0.2, 0) is 6.54 Å². The van der Waals surface area contributed by atoms with Gasteiger partial charge in [0.15, 0.2) is 5.69 Å². The van der Waals surface area contributed by atoms with Crippen molar-refractivity contribution in [1.29, 1.82) is 0 Å². The fraction of sp³-hybridized carbons (Fsp3) is 0.0909. The van der Waals surface area contributed by atoms with E-state index in [1.165, 1.54) is 11.3 Å². The number of hydrogen-bond donors (Lipinski definition) is 3. The lowest BCUT2D eigenvalue weighted by molar-refractivity contribution is 0.0686. The van der Waals surface area contributed by atoms with Gasteiger partial charge >= 0.3 is 11.7 Å². The minimum Gasteiger partial charge on any atom is -0.477 e. The van der Waals surface area contributed by atoms with Gasteiger partial charge in [0.05, 0.1) is 22.1 Å². The van der Waals surface area contributed by atoms with Crippen molar-refractivity contribution in [1.82, 2.24) is 19.1 Å². The first-order chi connectivity index (χ1) is 15.3. The van der Waals surface area contributed by atoms with Crippen molar-refractivity contribution in [3.05, 3.63) is 84.9 Å². The summed E-state index contributed by atoms with van der Waals surface area (Å²) in [5.74, 6) is -0.949. The van der Waals surface area contributed by atoms with Crippen molar-refractivity contribution in [2.75, 3.05) is 5.73 Å². The van der Waals surface area contributed by atoms with E-state index < -0.39 is 17.2 Å². The topological polar surface area (TPSA) is 136 Å². The molecule has 0 radical (unpaired) electrons. The van der Waals surface area contributed by atoms with Crippen molar-refractivity contribution in [3.8, 4) is 5.69 Å². The third kappa shape index (κ3) is 3.00. The Hall–Kier alpha value is -4.18. The van der Waals surface area contributed by atoms with E-state index in [0.717, 1.165) is 15.7 Å². The lowest BCUT2D eigenvalue weighted by Crippen LogP contribution is -2.34. The first-order valence-corrected chi connectivity index (χ1v) is 10.6. The number of benzene rings is 1. The number of nitrogens with two attached hydrogens (primary N) is 1. The van der Waals surface area contributed by atoms with E-state index in [0.29, 0.717) is 27.6 Å². The summed E-state index contributed by atoms with van der Waals surface area (Å²) < 4.78 is 2.49. The number of carbonyl (C=O) groups is 1. The smallest absolute Gasteiger partial charge is 0.354 e. The molecular formula is C22H17N5O4S. The van der Waals surface area contributed by atoms with Gasteiger partial charge in [-0.1, -0.05) is 11.6 Å². The van der Waals surface area contributed by atoms with E-state index in [4.69, 9.17) is 5.73 Å². The Bertz CT molecular complexity index is 1660. The molecule has 0 saturated carbocycles. The van der Waals surface area contributed by atoms with Crippen LogP contribution in [0.1, 0.15) is 21.6 Å². The number of thiophene rings is 1. The largest absolute Gasteiger partial charge is 0.477 e. The van der Waals surface area contributed by atoms with Gasteiger partial charge in [-0.05, 0) is 36.8 Å². The van der Waals surface area contributed by atoms with Crippen LogP contribution in [0, 0.1) is 6.92 Å². The second-order valence-corrected chi connectivity index (χ2v) is 8.21. The summed E-state index contributed by atoms with van der Waals surface area (Å²) in [6.07, 6.45) is 1.54. The van der Waals surface area contributed by atoms with Crippen LogP contribution in [0.2, 0.25) is 0 Å². The number of carboxylic acid groups (broad SMARTS) is 1.